The molecule has 0 bridgehead atoms. The molecule has 1 fully saturated rings. The van der Waals surface area contributed by atoms with Crippen molar-refractivity contribution in [2.45, 2.75) is 31.4 Å². The van der Waals surface area contributed by atoms with Gasteiger partial charge in [0.1, 0.15) is 23.8 Å². The van der Waals surface area contributed by atoms with Gasteiger partial charge in [-0.15, -0.1) is 0 Å². The highest BCUT2D eigenvalue weighted by atomic mass is 19.1. The highest BCUT2D eigenvalue weighted by Crippen LogP contribution is 2.40. The van der Waals surface area contributed by atoms with Crippen molar-refractivity contribution in [3.63, 3.8) is 0 Å². The summed E-state index contributed by atoms with van der Waals surface area (Å²) in [6.45, 7) is 1.75. The Morgan fingerprint density at radius 1 is 1.21 bits per heavy atom. The normalized spacial score (nSPS) is 18.1. The second-order valence-electron chi connectivity index (χ2n) is 8.88. The molecule has 0 radical (unpaired) electrons. The Bertz CT molecular complexity index is 1250. The van der Waals surface area contributed by atoms with Gasteiger partial charge in [0.25, 0.3) is 0 Å². The van der Waals surface area contributed by atoms with Gasteiger partial charge in [-0.1, -0.05) is 12.1 Å². The van der Waals surface area contributed by atoms with Gasteiger partial charge in [0, 0.05) is 49.6 Å². The molecule has 33 heavy (non-hydrogen) atoms. The summed E-state index contributed by atoms with van der Waals surface area (Å²) < 4.78 is 20.1. The quantitative estimate of drug-likeness (QED) is 0.579. The standard InChI is InChI=1S/C26H25FN2O4/c27-19-3-5-23-21(12-19)18(14-28-23)15-29-9-7-26(8-10-29)13-24(32)22-11-17(1-4-20(31)16-30)2-6-25(22)33-26/h1-6,11-12,14,28,30H,7-10,13,15-16H2/b4-1+. The molecule has 6 nitrogen and oxygen atoms in total. The van der Waals surface area contributed by atoms with Crippen molar-refractivity contribution in [2.75, 3.05) is 19.7 Å². The van der Waals surface area contributed by atoms with Crippen LogP contribution in [-0.4, -0.2) is 51.9 Å². The number of Topliss-reactive ketones (excluding diaryl/α,β-unsaturated/α-hetero) is 1. The van der Waals surface area contributed by atoms with E-state index in [1.165, 1.54) is 12.1 Å². The van der Waals surface area contributed by atoms with E-state index in [1.807, 2.05) is 6.20 Å². The molecular formula is C26H25FN2O4. The largest absolute Gasteiger partial charge is 0.486 e. The average Bonchev–Trinajstić information content (AvgIpc) is 3.21. The molecule has 1 aromatic heterocycles. The molecule has 0 amide bonds. The van der Waals surface area contributed by atoms with Crippen LogP contribution in [0.15, 0.2) is 48.7 Å². The van der Waals surface area contributed by atoms with Crippen LogP contribution in [0.5, 0.6) is 5.75 Å². The average molecular weight is 448 g/mol. The molecular weight excluding hydrogens is 423 g/mol. The predicted molar refractivity (Wildman–Crippen MR) is 123 cm³/mol. The van der Waals surface area contributed by atoms with Crippen LogP contribution >= 0.6 is 0 Å². The van der Waals surface area contributed by atoms with Crippen molar-refractivity contribution in [2.24, 2.45) is 0 Å². The number of nitrogens with zero attached hydrogens (tertiary/aromatic N) is 1. The number of nitrogens with one attached hydrogen (secondary N) is 1. The van der Waals surface area contributed by atoms with Crippen molar-refractivity contribution in [3.8, 4) is 5.75 Å². The first kappa shape index (κ1) is 21.6. The number of carbonyl (C=O) groups excluding carboxylic acids is 2. The van der Waals surface area contributed by atoms with Gasteiger partial charge in [0.15, 0.2) is 11.6 Å². The molecule has 0 saturated carbocycles. The first-order chi connectivity index (χ1) is 15.9. The van der Waals surface area contributed by atoms with E-state index in [0.29, 0.717) is 29.8 Å². The monoisotopic (exact) mass is 448 g/mol. The molecule has 170 valence electrons. The summed E-state index contributed by atoms with van der Waals surface area (Å²) in [5, 5.41) is 9.74. The number of piperidine rings is 1. The zero-order valence-electron chi connectivity index (χ0n) is 18.1. The second-order valence-corrected chi connectivity index (χ2v) is 8.88. The minimum atomic E-state index is -0.541. The highest BCUT2D eigenvalue weighted by molar-refractivity contribution is 6.01. The lowest BCUT2D eigenvalue weighted by Crippen LogP contribution is -2.50. The number of hydrogen-bond acceptors (Lipinski definition) is 5. The number of hydrogen-bond donors (Lipinski definition) is 2. The van der Waals surface area contributed by atoms with Gasteiger partial charge in [-0.05, 0) is 47.5 Å². The SMILES string of the molecule is O=C(/C=C/c1ccc2c(c1)C(=O)CC1(CCN(Cc3c[nH]c4ccc(F)cc34)CC1)O2)CO. The molecule has 3 heterocycles. The number of aliphatic hydroxyl groups excluding tert-OH is 1. The van der Waals surface area contributed by atoms with Gasteiger partial charge in [0.2, 0.25) is 0 Å². The van der Waals surface area contributed by atoms with E-state index in [1.54, 1.807) is 36.4 Å². The van der Waals surface area contributed by atoms with Crippen LogP contribution in [0.3, 0.4) is 0 Å². The number of ketones is 2. The minimum absolute atomic E-state index is 0.0422. The molecule has 2 aliphatic rings. The fourth-order valence-electron chi connectivity index (χ4n) is 4.78. The molecule has 3 aromatic rings. The zero-order valence-corrected chi connectivity index (χ0v) is 18.1. The number of rotatable bonds is 5. The Labute approximate surface area is 190 Å². The number of aromatic amines is 1. The lowest BCUT2D eigenvalue weighted by Gasteiger charge is -2.44. The molecule has 2 aromatic carbocycles. The van der Waals surface area contributed by atoms with E-state index in [9.17, 15) is 14.0 Å². The van der Waals surface area contributed by atoms with Gasteiger partial charge < -0.3 is 14.8 Å². The van der Waals surface area contributed by atoms with Gasteiger partial charge in [-0.2, -0.15) is 0 Å². The number of ether oxygens (including phenoxy) is 1. The van der Waals surface area contributed by atoms with Crippen molar-refractivity contribution < 1.29 is 23.8 Å². The molecule has 1 saturated heterocycles. The smallest absolute Gasteiger partial charge is 0.181 e. The summed E-state index contributed by atoms with van der Waals surface area (Å²) in [7, 11) is 0. The maximum atomic E-state index is 13.7. The third kappa shape index (κ3) is 4.34. The summed E-state index contributed by atoms with van der Waals surface area (Å²) in [6.07, 6.45) is 6.63. The third-order valence-corrected chi connectivity index (χ3v) is 6.62. The topological polar surface area (TPSA) is 82.6 Å². The van der Waals surface area contributed by atoms with Crippen molar-refractivity contribution >= 4 is 28.5 Å². The number of benzene rings is 2. The van der Waals surface area contributed by atoms with Gasteiger partial charge in [-0.3, -0.25) is 14.5 Å². The van der Waals surface area contributed by atoms with E-state index in [-0.39, 0.29) is 11.6 Å². The van der Waals surface area contributed by atoms with Crippen molar-refractivity contribution in [1.82, 2.24) is 9.88 Å². The maximum Gasteiger partial charge on any atom is 0.181 e. The number of halogens is 1. The summed E-state index contributed by atoms with van der Waals surface area (Å²) in [5.74, 6) is -0.0101. The Hall–Kier alpha value is -3.29. The first-order valence-electron chi connectivity index (χ1n) is 11.1. The number of likely N-dealkylation sites (tertiary alicyclic amines) is 1. The Morgan fingerprint density at radius 3 is 2.82 bits per heavy atom. The maximum absolute atomic E-state index is 13.7. The fraction of sp³-hybridized carbons (Fsp3) is 0.308. The van der Waals surface area contributed by atoms with Crippen LogP contribution in [0, 0.1) is 5.82 Å². The van der Waals surface area contributed by atoms with Gasteiger partial charge in [0.05, 0.1) is 12.0 Å². The van der Waals surface area contributed by atoms with E-state index in [4.69, 9.17) is 9.84 Å². The molecule has 1 spiro atoms. The summed E-state index contributed by atoms with van der Waals surface area (Å²) >= 11 is 0. The van der Waals surface area contributed by atoms with E-state index in [2.05, 4.69) is 9.88 Å². The number of carbonyl (C=O) groups is 2. The van der Waals surface area contributed by atoms with E-state index >= 15 is 0 Å². The molecule has 0 aliphatic carbocycles. The van der Waals surface area contributed by atoms with Crippen LogP contribution in [0.4, 0.5) is 4.39 Å². The third-order valence-electron chi connectivity index (χ3n) is 6.62. The molecule has 0 atom stereocenters. The zero-order chi connectivity index (χ0) is 23.0. The van der Waals surface area contributed by atoms with E-state index in [0.717, 1.165) is 42.4 Å². The summed E-state index contributed by atoms with van der Waals surface area (Å²) in [6, 6.07) is 10.1. The number of H-pyrrole nitrogens is 1. The van der Waals surface area contributed by atoms with Crippen LogP contribution in [-0.2, 0) is 11.3 Å². The Balaban J connectivity index is 1.27. The summed E-state index contributed by atoms with van der Waals surface area (Å²) in [5.41, 5.74) is 2.73. The molecule has 0 unspecified atom stereocenters. The lowest BCUT2D eigenvalue weighted by molar-refractivity contribution is -0.117. The fourth-order valence-corrected chi connectivity index (χ4v) is 4.78. The number of fused-ring (bicyclic) bond motifs is 2. The van der Waals surface area contributed by atoms with Crippen LogP contribution < -0.4 is 4.74 Å². The molecule has 2 aliphatic heterocycles. The lowest BCUT2D eigenvalue weighted by atomic mass is 9.82. The number of aromatic nitrogens is 1. The van der Waals surface area contributed by atoms with Crippen LogP contribution in [0.25, 0.3) is 17.0 Å². The second kappa shape index (κ2) is 8.57. The minimum Gasteiger partial charge on any atom is -0.486 e. The molecule has 2 N–H and O–H groups in total. The van der Waals surface area contributed by atoms with E-state index < -0.39 is 18.0 Å². The first-order valence-corrected chi connectivity index (χ1v) is 11.1. The Morgan fingerprint density at radius 2 is 2.03 bits per heavy atom. The number of aliphatic hydroxyl groups is 1. The highest BCUT2D eigenvalue weighted by Gasteiger charge is 2.43. The molecule has 5 rings (SSSR count). The Kier molecular flexibility index (Phi) is 5.60. The summed E-state index contributed by atoms with van der Waals surface area (Å²) in [4.78, 5) is 29.8. The van der Waals surface area contributed by atoms with Gasteiger partial charge >= 0.3 is 0 Å². The molecule has 7 heteroatoms. The van der Waals surface area contributed by atoms with Crippen LogP contribution in [0.1, 0.15) is 40.7 Å². The van der Waals surface area contributed by atoms with Crippen molar-refractivity contribution in [3.05, 3.63) is 71.2 Å². The van der Waals surface area contributed by atoms with Gasteiger partial charge in [-0.25, -0.2) is 4.39 Å². The van der Waals surface area contributed by atoms with Crippen LogP contribution in [0.2, 0.25) is 0 Å². The van der Waals surface area contributed by atoms with Crippen molar-refractivity contribution in [1.29, 1.82) is 0 Å². The predicted octanol–water partition coefficient (Wildman–Crippen LogP) is 3.88.